The molecule has 16 nitrogen and oxygen atoms in total. The molecule has 0 fully saturated rings. The van der Waals surface area contributed by atoms with Crippen molar-refractivity contribution in [2.24, 2.45) is 21.7 Å². The van der Waals surface area contributed by atoms with Crippen LogP contribution >= 0.6 is 11.3 Å². The molecule has 0 amide bonds. The summed E-state index contributed by atoms with van der Waals surface area (Å²) >= 11 is 1.71. The lowest BCUT2D eigenvalue weighted by molar-refractivity contribution is -0.151. The molecular weight excluding hydrogens is 1500 g/mol. The third-order valence-corrected chi connectivity index (χ3v) is 21.4. The van der Waals surface area contributed by atoms with Crippen LogP contribution in [-0.4, -0.2) is 98.7 Å². The summed E-state index contributed by atoms with van der Waals surface area (Å²) in [4.78, 5) is 66.9. The number of benzene rings is 7. The number of pyridine rings is 4. The van der Waals surface area contributed by atoms with Gasteiger partial charge < -0.3 is 37.9 Å². The molecular formula is C97H109F3N4O12S. The first-order chi connectivity index (χ1) is 55.9. The van der Waals surface area contributed by atoms with E-state index in [0.29, 0.717) is 67.4 Å². The van der Waals surface area contributed by atoms with Crippen LogP contribution in [0.25, 0.3) is 87.4 Å². The van der Waals surface area contributed by atoms with Crippen molar-refractivity contribution in [2.45, 2.75) is 152 Å². The second-order valence-electron chi connectivity index (χ2n) is 31.6. The number of para-hydroxylation sites is 3. The Morgan fingerprint density at radius 2 is 0.701 bits per heavy atom. The van der Waals surface area contributed by atoms with E-state index in [-0.39, 0.29) is 23.9 Å². The average molecular weight is 1610 g/mol. The van der Waals surface area contributed by atoms with Crippen LogP contribution in [0.4, 0.5) is 13.2 Å². The minimum absolute atomic E-state index is 0.166. The van der Waals surface area contributed by atoms with Gasteiger partial charge in [-0.05, 0) is 234 Å². The number of unbranched alkanes of at least 4 members (excludes halogenated alkanes) is 4. The first kappa shape index (κ1) is 89.7. The number of hydrogen-bond acceptors (Lipinski definition) is 17. The van der Waals surface area contributed by atoms with Gasteiger partial charge in [-0.1, -0.05) is 145 Å². The highest BCUT2D eigenvalue weighted by molar-refractivity contribution is 7.13. The van der Waals surface area contributed by atoms with E-state index in [4.69, 9.17) is 42.9 Å². The lowest BCUT2D eigenvalue weighted by atomic mass is 9.87. The van der Waals surface area contributed by atoms with Crippen LogP contribution in [-0.2, 0) is 44.3 Å². The molecule has 12 rings (SSSR count). The summed E-state index contributed by atoms with van der Waals surface area (Å²) in [7, 11) is 5.69. The topological polar surface area (TPSA) is 194 Å². The number of aromatic nitrogens is 4. The monoisotopic (exact) mass is 1610 g/mol. The minimum atomic E-state index is -4.38. The van der Waals surface area contributed by atoms with E-state index in [1.165, 1.54) is 56.6 Å². The van der Waals surface area contributed by atoms with Crippen molar-refractivity contribution in [1.82, 2.24) is 19.9 Å². The second-order valence-corrected chi connectivity index (χ2v) is 32.6. The number of nitrogens with zero attached hydrogens (tertiary/aromatic N) is 4. The van der Waals surface area contributed by atoms with Crippen molar-refractivity contribution in [2.75, 3.05) is 54.9 Å². The van der Waals surface area contributed by atoms with E-state index in [1.807, 2.05) is 146 Å². The summed E-state index contributed by atoms with van der Waals surface area (Å²) < 4.78 is 82.1. The Balaban J connectivity index is 0.000000178. The zero-order valence-corrected chi connectivity index (χ0v) is 70.6. The maximum atomic E-state index is 12.9. The fraction of sp³-hybridized carbons (Fsp3) is 0.361. The van der Waals surface area contributed by atoms with Gasteiger partial charge >= 0.3 is 30.1 Å². The molecule has 0 N–H and O–H groups in total. The van der Waals surface area contributed by atoms with Crippen LogP contribution < -0.4 is 18.9 Å². The SMILES string of the molecule is COC(=O)C(C)(C)CCCCOc1cc(-c2ccc(C(F)(F)F)cc2)c2ccccc2n1.COC(=O)C(C)(C)CCCCOc1cc(-c2ccc(C)cc2)c2ccccc2n1.COC(=O)C(C)(C)CCCCOc1cc(-c2cccs2)c2ccccc2n1.COC(=O)C(C)(C)CCCCOc1nc2cc(C)ccc2cc1-c1ccccc1. The lowest BCUT2D eigenvalue weighted by Crippen LogP contribution is -2.25. The zero-order valence-electron chi connectivity index (χ0n) is 69.8. The maximum absolute atomic E-state index is 12.9. The number of aryl methyl sites for hydroxylation is 2. The van der Waals surface area contributed by atoms with E-state index in [2.05, 4.69) is 119 Å². The highest BCUT2D eigenvalue weighted by Crippen LogP contribution is 2.39. The first-order valence-electron chi connectivity index (χ1n) is 39.7. The van der Waals surface area contributed by atoms with Crippen molar-refractivity contribution in [3.8, 4) is 67.3 Å². The van der Waals surface area contributed by atoms with Gasteiger partial charge in [0.25, 0.3) is 0 Å². The molecule has 0 aliphatic heterocycles. The fourth-order valence-electron chi connectivity index (χ4n) is 13.4. The van der Waals surface area contributed by atoms with Crippen LogP contribution in [0.3, 0.4) is 0 Å². The highest BCUT2D eigenvalue weighted by Gasteiger charge is 2.33. The largest absolute Gasteiger partial charge is 0.478 e. The van der Waals surface area contributed by atoms with Crippen molar-refractivity contribution < 1.29 is 70.2 Å². The van der Waals surface area contributed by atoms with Crippen molar-refractivity contribution >= 4 is 78.8 Å². The van der Waals surface area contributed by atoms with Gasteiger partial charge in [0.1, 0.15) is 0 Å². The lowest BCUT2D eigenvalue weighted by Gasteiger charge is -2.21. The molecule has 0 unspecified atom stereocenters. The third kappa shape index (κ3) is 25.6. The molecule has 20 heteroatoms. The molecule has 5 aromatic heterocycles. The molecule has 0 aliphatic rings. The number of esters is 4. The molecule has 0 bridgehead atoms. The number of rotatable bonds is 32. The normalized spacial score (nSPS) is 11.6. The van der Waals surface area contributed by atoms with Gasteiger partial charge in [-0.2, -0.15) is 13.2 Å². The number of thiophene rings is 1. The van der Waals surface area contributed by atoms with Gasteiger partial charge in [0.05, 0.1) is 104 Å². The summed E-state index contributed by atoms with van der Waals surface area (Å²) in [6, 6.07) is 65.9. The molecule has 5 heterocycles. The average Bonchev–Trinajstić information content (AvgIpc) is 0.870. The van der Waals surface area contributed by atoms with Crippen LogP contribution in [0.5, 0.6) is 23.5 Å². The van der Waals surface area contributed by atoms with Crippen molar-refractivity contribution in [1.29, 1.82) is 0 Å². The Bertz CT molecular complexity index is 5250. The molecule has 0 saturated carbocycles. The number of ether oxygens (including phenoxy) is 8. The smallest absolute Gasteiger partial charge is 0.416 e. The van der Waals surface area contributed by atoms with Gasteiger partial charge in [-0.25, -0.2) is 19.9 Å². The number of carbonyl (C=O) groups is 4. The molecule has 7 aromatic carbocycles. The summed E-state index contributed by atoms with van der Waals surface area (Å²) in [5.41, 5.74) is 10.2. The number of hydrogen-bond donors (Lipinski definition) is 0. The minimum Gasteiger partial charge on any atom is -0.478 e. The van der Waals surface area contributed by atoms with E-state index in [0.717, 1.165) is 154 Å². The Morgan fingerprint density at radius 3 is 1.09 bits per heavy atom. The summed E-state index contributed by atoms with van der Waals surface area (Å²) in [6.45, 7) is 21.5. The van der Waals surface area contributed by atoms with E-state index < -0.39 is 33.4 Å². The number of halogens is 3. The maximum Gasteiger partial charge on any atom is 0.416 e. The number of fused-ring (bicyclic) bond motifs is 4. The number of carbonyl (C=O) groups excluding carboxylic acids is 4. The van der Waals surface area contributed by atoms with Gasteiger partial charge in [0.2, 0.25) is 23.5 Å². The summed E-state index contributed by atoms with van der Waals surface area (Å²) in [5, 5.41) is 6.26. The van der Waals surface area contributed by atoms with Crippen LogP contribution in [0.15, 0.2) is 212 Å². The van der Waals surface area contributed by atoms with Gasteiger partial charge in [-0.3, -0.25) is 19.2 Å². The Labute approximate surface area is 689 Å². The second kappa shape index (κ2) is 42.1. The predicted octanol–water partition coefficient (Wildman–Crippen LogP) is 24.3. The number of methoxy groups -OCH3 is 4. The number of alkyl halides is 3. The molecule has 0 spiro atoms. The first-order valence-corrected chi connectivity index (χ1v) is 40.6. The van der Waals surface area contributed by atoms with Gasteiger partial charge in [0.15, 0.2) is 0 Å². The van der Waals surface area contributed by atoms with E-state index in [1.54, 1.807) is 17.4 Å². The van der Waals surface area contributed by atoms with E-state index in [9.17, 15) is 32.3 Å². The zero-order chi connectivity index (χ0) is 84.3. The fourth-order valence-corrected chi connectivity index (χ4v) is 14.2. The predicted molar refractivity (Wildman–Crippen MR) is 462 cm³/mol. The van der Waals surface area contributed by atoms with Gasteiger partial charge in [-0.15, -0.1) is 11.3 Å². The molecule has 616 valence electrons. The van der Waals surface area contributed by atoms with Crippen LogP contribution in [0.2, 0.25) is 0 Å². The molecule has 0 radical (unpaired) electrons. The Kier molecular flexibility index (Phi) is 32.2. The van der Waals surface area contributed by atoms with Crippen LogP contribution in [0.1, 0.15) is 149 Å². The van der Waals surface area contributed by atoms with Gasteiger partial charge in [0, 0.05) is 55.7 Å². The van der Waals surface area contributed by atoms with Crippen LogP contribution in [0, 0.1) is 35.5 Å². The van der Waals surface area contributed by atoms with Crippen molar-refractivity contribution in [3.63, 3.8) is 0 Å². The molecule has 117 heavy (non-hydrogen) atoms. The summed E-state index contributed by atoms with van der Waals surface area (Å²) in [6.07, 6.45) is 5.34. The molecule has 0 saturated heterocycles. The quantitative estimate of drug-likeness (QED) is 0.0219. The third-order valence-electron chi connectivity index (χ3n) is 20.5. The Hall–Kier alpha value is -11.3. The van der Waals surface area contributed by atoms with E-state index >= 15 is 0 Å². The Morgan fingerprint density at radius 1 is 0.342 bits per heavy atom. The molecule has 0 aliphatic carbocycles. The molecule has 12 aromatic rings. The van der Waals surface area contributed by atoms with Crippen molar-refractivity contribution in [3.05, 3.63) is 228 Å². The standard InChI is InChI=1S/C25H26F3NO3.2C25H29NO3.C22H25NO3S/c1-24(2,23(30)31-3)14-6-7-15-32-22-16-20(19-8-4-5-9-21(19)29-22)17-10-12-18(13-11-17)25(26,27)28;1-18-11-13-19(14-12-18)21-17-23(26-22-10-6-5-9-20(21)22)29-16-8-7-15-25(2,3)24(27)28-4;1-18-12-13-20-17-21(19-10-6-5-7-11-19)23(26-22(20)16-18)29-15-9-8-14-25(2,3)24(27)28-4;1-22(2,21(24)25-3)12-6-7-13-26-20-15-17(19-11-8-14-27-19)16-9-4-5-10-18(16)23-20/h4-5,8-13,16H,6-7,14-15H2,1-3H3;5-6,9-14,17H,7-8,15-16H2,1-4H3;5-7,10-13,16-17H,8-9,14-15H2,1-4H3;4-5,8-11,14-15H,6-7,12-13H2,1-3H3. The highest BCUT2D eigenvalue weighted by atomic mass is 32.1. The summed E-state index contributed by atoms with van der Waals surface area (Å²) in [5.74, 6) is 1.59. The molecule has 0 atom stereocenters.